The molecular weight excluding hydrogens is 388 g/mol. The maximum absolute atomic E-state index is 12.9. The second-order valence-electron chi connectivity index (χ2n) is 11.0. The summed E-state index contributed by atoms with van der Waals surface area (Å²) < 4.78 is 17.6. The molecule has 2 saturated heterocycles. The van der Waals surface area contributed by atoms with Crippen LogP contribution in [0.3, 0.4) is 0 Å². The lowest BCUT2D eigenvalue weighted by Crippen LogP contribution is -2.53. The first-order chi connectivity index (χ1) is 14.1. The SMILES string of the molecule is CCCCCCC(O)C(=O)O[C@@H]1[C@@H]2[C@H](CC1(C)C)[C@H](O)[C@@]13O[C@@H]1C(=O)[C@@]1(CO1)[C@@]23C. The highest BCUT2D eigenvalue weighted by molar-refractivity contribution is 6.02. The average Bonchev–Trinajstić information content (AvgIpc) is 3.58. The van der Waals surface area contributed by atoms with Crippen molar-refractivity contribution < 1.29 is 34.0 Å². The van der Waals surface area contributed by atoms with E-state index >= 15 is 0 Å². The lowest BCUT2D eigenvalue weighted by atomic mass is 9.65. The highest BCUT2D eigenvalue weighted by atomic mass is 16.7. The summed E-state index contributed by atoms with van der Waals surface area (Å²) in [4.78, 5) is 25.7. The zero-order valence-electron chi connectivity index (χ0n) is 18.3. The van der Waals surface area contributed by atoms with Gasteiger partial charge in [-0.2, -0.15) is 0 Å². The van der Waals surface area contributed by atoms with E-state index in [1.807, 2.05) is 20.8 Å². The number of Topliss-reactive ketones (excluding diaryl/α,β-unsaturated/α-hetero) is 1. The number of aliphatic hydroxyl groups excluding tert-OH is 2. The monoisotopic (exact) mass is 422 g/mol. The number of carbonyl (C=O) groups excluding carboxylic acids is 2. The van der Waals surface area contributed by atoms with Gasteiger partial charge in [0.1, 0.15) is 11.7 Å². The van der Waals surface area contributed by atoms with Crippen molar-refractivity contribution in [1.82, 2.24) is 0 Å². The summed E-state index contributed by atoms with van der Waals surface area (Å²) in [7, 11) is 0. The molecule has 7 heteroatoms. The number of ether oxygens (including phenoxy) is 3. The van der Waals surface area contributed by atoms with Crippen LogP contribution in [0.5, 0.6) is 0 Å². The minimum atomic E-state index is -1.15. The van der Waals surface area contributed by atoms with Crippen LogP contribution in [0.2, 0.25) is 0 Å². The Bertz CT molecular complexity index is 774. The Hall–Kier alpha value is -1.02. The van der Waals surface area contributed by atoms with Crippen LogP contribution in [0.15, 0.2) is 0 Å². The summed E-state index contributed by atoms with van der Waals surface area (Å²) in [5.74, 6) is -1.07. The van der Waals surface area contributed by atoms with E-state index in [1.165, 1.54) is 0 Å². The number of hydrogen-bond donors (Lipinski definition) is 2. The molecule has 0 bridgehead atoms. The van der Waals surface area contributed by atoms with Crippen LogP contribution in [-0.2, 0) is 23.8 Å². The molecule has 7 nitrogen and oxygen atoms in total. The topological polar surface area (TPSA) is 109 Å². The zero-order valence-corrected chi connectivity index (χ0v) is 18.3. The highest BCUT2D eigenvalue weighted by Gasteiger charge is 2.97. The van der Waals surface area contributed by atoms with Crippen LogP contribution < -0.4 is 0 Å². The molecule has 0 aromatic heterocycles. The molecule has 3 saturated carbocycles. The number of carbonyl (C=O) groups is 2. The van der Waals surface area contributed by atoms with Crippen LogP contribution in [0.4, 0.5) is 0 Å². The highest BCUT2D eigenvalue weighted by Crippen LogP contribution is 2.81. The summed E-state index contributed by atoms with van der Waals surface area (Å²) in [6, 6.07) is 0. The van der Waals surface area contributed by atoms with E-state index in [0.29, 0.717) is 19.4 Å². The van der Waals surface area contributed by atoms with Gasteiger partial charge in [-0.05, 0) is 18.8 Å². The van der Waals surface area contributed by atoms with E-state index in [9.17, 15) is 19.8 Å². The summed E-state index contributed by atoms with van der Waals surface area (Å²) in [5.41, 5.74) is -2.97. The minimum absolute atomic E-state index is 0.0757. The van der Waals surface area contributed by atoms with Gasteiger partial charge in [0.2, 0.25) is 0 Å². The predicted octanol–water partition coefficient (Wildman–Crippen LogP) is 1.76. The molecule has 2 heterocycles. The normalized spacial score (nSPS) is 50.2. The summed E-state index contributed by atoms with van der Waals surface area (Å²) in [5, 5.41) is 21.6. The predicted molar refractivity (Wildman–Crippen MR) is 105 cm³/mol. The number of rotatable bonds is 7. The Labute approximate surface area is 177 Å². The maximum atomic E-state index is 12.9. The first-order valence-electron chi connectivity index (χ1n) is 11.5. The molecule has 0 aromatic rings. The van der Waals surface area contributed by atoms with Gasteiger partial charge < -0.3 is 24.4 Å². The third-order valence-corrected chi connectivity index (χ3v) is 9.04. The van der Waals surface area contributed by atoms with Crippen LogP contribution in [-0.4, -0.2) is 64.2 Å². The van der Waals surface area contributed by atoms with Crippen LogP contribution in [0, 0.1) is 22.7 Å². The molecule has 3 aliphatic carbocycles. The van der Waals surface area contributed by atoms with Gasteiger partial charge in [-0.1, -0.05) is 53.4 Å². The van der Waals surface area contributed by atoms with Crippen molar-refractivity contribution in [3.05, 3.63) is 0 Å². The fourth-order valence-electron chi connectivity index (χ4n) is 7.40. The number of epoxide rings is 2. The number of unbranched alkanes of at least 4 members (excludes halogenated alkanes) is 3. The molecule has 0 amide bonds. The molecule has 2 N–H and O–H groups in total. The lowest BCUT2D eigenvalue weighted by molar-refractivity contribution is -0.172. The van der Waals surface area contributed by atoms with Gasteiger partial charge >= 0.3 is 5.97 Å². The Morgan fingerprint density at radius 2 is 1.97 bits per heavy atom. The fraction of sp³-hybridized carbons (Fsp3) is 0.913. The average molecular weight is 423 g/mol. The standard InChI is InChI=1S/C23H34O7/c1-5-6-7-8-9-13(24)19(27)29-17-14-12(10-20(17,2)3)15(25)23-18(30-23)16(26)22(11-28-22)21(14,23)4/h12-15,17-18,24-25H,5-11H2,1-4H3/t12-,13?,14-,15-,17+,18+,21+,22-,23+/m0/s1. The van der Waals surface area contributed by atoms with Crippen molar-refractivity contribution >= 4 is 11.8 Å². The van der Waals surface area contributed by atoms with Gasteiger partial charge in [0.25, 0.3) is 0 Å². The van der Waals surface area contributed by atoms with Crippen LogP contribution in [0.1, 0.15) is 66.2 Å². The molecule has 1 unspecified atom stereocenters. The molecule has 5 rings (SSSR count). The molecule has 0 aromatic carbocycles. The van der Waals surface area contributed by atoms with E-state index in [0.717, 1.165) is 25.7 Å². The third kappa shape index (κ3) is 2.25. The van der Waals surface area contributed by atoms with Crippen molar-refractivity contribution in [2.45, 2.75) is 102 Å². The maximum Gasteiger partial charge on any atom is 0.335 e. The molecule has 2 aliphatic heterocycles. The van der Waals surface area contributed by atoms with E-state index in [2.05, 4.69) is 6.92 Å². The molecule has 0 radical (unpaired) electrons. The molecular formula is C23H34O7. The number of hydrogen-bond acceptors (Lipinski definition) is 7. The number of ketones is 1. The van der Waals surface area contributed by atoms with E-state index in [1.54, 1.807) is 0 Å². The van der Waals surface area contributed by atoms with Gasteiger partial charge in [0, 0.05) is 16.7 Å². The summed E-state index contributed by atoms with van der Waals surface area (Å²) in [6.07, 6.45) is 1.93. The van der Waals surface area contributed by atoms with E-state index < -0.39 is 47.0 Å². The Morgan fingerprint density at radius 1 is 1.27 bits per heavy atom. The van der Waals surface area contributed by atoms with Crippen LogP contribution >= 0.6 is 0 Å². The second kappa shape index (κ2) is 6.27. The lowest BCUT2D eigenvalue weighted by Gasteiger charge is -2.41. The quantitative estimate of drug-likeness (QED) is 0.366. The number of aliphatic hydroxyl groups is 2. The molecule has 30 heavy (non-hydrogen) atoms. The van der Waals surface area contributed by atoms with Crippen molar-refractivity contribution in [3.63, 3.8) is 0 Å². The number of fused-ring (bicyclic) bond motifs is 3. The zero-order chi connectivity index (χ0) is 21.7. The van der Waals surface area contributed by atoms with Crippen molar-refractivity contribution in [3.8, 4) is 0 Å². The van der Waals surface area contributed by atoms with E-state index in [-0.39, 0.29) is 23.0 Å². The largest absolute Gasteiger partial charge is 0.460 e. The van der Waals surface area contributed by atoms with Crippen molar-refractivity contribution in [1.29, 1.82) is 0 Å². The van der Waals surface area contributed by atoms with Crippen LogP contribution in [0.25, 0.3) is 0 Å². The summed E-state index contributed by atoms with van der Waals surface area (Å²) in [6.45, 7) is 8.48. The molecule has 2 spiro atoms. The minimum Gasteiger partial charge on any atom is -0.460 e. The van der Waals surface area contributed by atoms with Gasteiger partial charge in [-0.15, -0.1) is 0 Å². The Morgan fingerprint density at radius 3 is 2.60 bits per heavy atom. The molecule has 5 aliphatic rings. The number of esters is 1. The summed E-state index contributed by atoms with van der Waals surface area (Å²) >= 11 is 0. The smallest absolute Gasteiger partial charge is 0.335 e. The fourth-order valence-corrected chi connectivity index (χ4v) is 7.40. The Balaban J connectivity index is 1.40. The molecule has 168 valence electrons. The first kappa shape index (κ1) is 20.9. The van der Waals surface area contributed by atoms with Crippen molar-refractivity contribution in [2.75, 3.05) is 6.61 Å². The van der Waals surface area contributed by atoms with Gasteiger partial charge in [0.05, 0.1) is 12.7 Å². The van der Waals surface area contributed by atoms with E-state index in [4.69, 9.17) is 14.2 Å². The third-order valence-electron chi connectivity index (χ3n) is 9.04. The van der Waals surface area contributed by atoms with Gasteiger partial charge in [-0.3, -0.25) is 4.79 Å². The van der Waals surface area contributed by atoms with Gasteiger partial charge in [-0.25, -0.2) is 4.79 Å². The second-order valence-corrected chi connectivity index (χ2v) is 11.0. The molecule has 9 atom stereocenters. The Kier molecular flexibility index (Phi) is 4.36. The van der Waals surface area contributed by atoms with Gasteiger partial charge in [0.15, 0.2) is 23.6 Å². The first-order valence-corrected chi connectivity index (χ1v) is 11.5. The van der Waals surface area contributed by atoms with Crippen molar-refractivity contribution in [2.24, 2.45) is 22.7 Å². The molecule has 5 fully saturated rings.